The highest BCUT2D eigenvalue weighted by Crippen LogP contribution is 2.20. The minimum absolute atomic E-state index is 0.0152. The summed E-state index contributed by atoms with van der Waals surface area (Å²) in [6, 6.07) is 7.13. The van der Waals surface area contributed by atoms with Gasteiger partial charge in [-0.2, -0.15) is 11.8 Å². The van der Waals surface area contributed by atoms with E-state index in [-0.39, 0.29) is 17.3 Å². The highest BCUT2D eigenvalue weighted by molar-refractivity contribution is 7.99. The molecule has 0 heterocycles. The molecular formula is C13H20N2O2S. The largest absolute Gasteiger partial charge is 0.482 e. The van der Waals surface area contributed by atoms with E-state index in [9.17, 15) is 4.79 Å². The van der Waals surface area contributed by atoms with Gasteiger partial charge in [0.1, 0.15) is 5.75 Å². The smallest absolute Gasteiger partial charge is 0.257 e. The van der Waals surface area contributed by atoms with E-state index in [4.69, 9.17) is 10.5 Å². The first-order valence-electron chi connectivity index (χ1n) is 5.74. The molecule has 1 amide bonds. The minimum Gasteiger partial charge on any atom is -0.482 e. The number of nitrogens with two attached hydrogens (primary N) is 1. The van der Waals surface area contributed by atoms with E-state index in [0.29, 0.717) is 18.0 Å². The van der Waals surface area contributed by atoms with Crippen LogP contribution < -0.4 is 15.8 Å². The number of benzene rings is 1. The molecule has 1 aromatic rings. The zero-order valence-corrected chi connectivity index (χ0v) is 11.8. The third kappa shape index (κ3) is 4.87. The first kappa shape index (κ1) is 14.7. The molecule has 0 saturated carbocycles. The van der Waals surface area contributed by atoms with Crippen LogP contribution in [-0.2, 0) is 4.79 Å². The van der Waals surface area contributed by atoms with E-state index in [2.05, 4.69) is 19.2 Å². The van der Waals surface area contributed by atoms with Gasteiger partial charge in [0.25, 0.3) is 5.91 Å². The molecule has 5 heteroatoms. The van der Waals surface area contributed by atoms with Gasteiger partial charge >= 0.3 is 0 Å². The number of anilines is 1. The summed E-state index contributed by atoms with van der Waals surface area (Å²) in [6.07, 6.45) is 2.02. The number of rotatable bonds is 6. The lowest BCUT2D eigenvalue weighted by Gasteiger charge is -2.22. The second kappa shape index (κ2) is 6.54. The molecule has 0 fully saturated rings. The Morgan fingerprint density at radius 2 is 2.11 bits per heavy atom. The second-order valence-electron chi connectivity index (χ2n) is 4.57. The molecule has 0 unspecified atom stereocenters. The van der Waals surface area contributed by atoms with Crippen molar-refractivity contribution in [2.24, 2.45) is 0 Å². The second-order valence-corrected chi connectivity index (χ2v) is 6.08. The van der Waals surface area contributed by atoms with Crippen LogP contribution in [0.15, 0.2) is 24.3 Å². The number of hydrogen-bond acceptors (Lipinski definition) is 4. The first-order valence-corrected chi connectivity index (χ1v) is 6.96. The molecule has 4 nitrogen and oxygen atoms in total. The number of para-hydroxylation sites is 2. The van der Waals surface area contributed by atoms with Gasteiger partial charge in [-0.15, -0.1) is 0 Å². The van der Waals surface area contributed by atoms with Crippen LogP contribution >= 0.6 is 11.8 Å². The number of carbonyl (C=O) groups is 1. The fourth-order valence-corrected chi connectivity index (χ4v) is 1.41. The molecule has 0 saturated heterocycles. The van der Waals surface area contributed by atoms with Gasteiger partial charge in [0.2, 0.25) is 0 Å². The summed E-state index contributed by atoms with van der Waals surface area (Å²) in [4.78, 5) is 11.6. The van der Waals surface area contributed by atoms with E-state index < -0.39 is 0 Å². The number of amides is 1. The van der Waals surface area contributed by atoms with Crippen molar-refractivity contribution in [1.29, 1.82) is 0 Å². The normalized spacial score (nSPS) is 11.1. The monoisotopic (exact) mass is 268 g/mol. The number of thioether (sulfide) groups is 1. The molecule has 18 heavy (non-hydrogen) atoms. The Labute approximate surface area is 112 Å². The molecule has 0 radical (unpaired) electrons. The van der Waals surface area contributed by atoms with Gasteiger partial charge in [-0.1, -0.05) is 12.1 Å². The third-order valence-electron chi connectivity index (χ3n) is 2.54. The highest BCUT2D eigenvalue weighted by Gasteiger charge is 2.17. The average Bonchev–Trinajstić information content (AvgIpc) is 2.35. The predicted octanol–water partition coefficient (Wildman–Crippen LogP) is 1.91. The summed E-state index contributed by atoms with van der Waals surface area (Å²) in [6.45, 7) is 4.75. The lowest BCUT2D eigenvalue weighted by atomic mass is 10.2. The van der Waals surface area contributed by atoms with Crippen LogP contribution in [0.2, 0.25) is 0 Å². The van der Waals surface area contributed by atoms with Crippen LogP contribution in [0.25, 0.3) is 0 Å². The molecule has 0 atom stereocenters. The van der Waals surface area contributed by atoms with Gasteiger partial charge in [-0.05, 0) is 32.2 Å². The van der Waals surface area contributed by atoms with Crippen molar-refractivity contribution in [2.75, 3.05) is 25.1 Å². The Balaban J connectivity index is 2.36. The van der Waals surface area contributed by atoms with Crippen LogP contribution in [0.5, 0.6) is 5.75 Å². The van der Waals surface area contributed by atoms with Crippen molar-refractivity contribution >= 4 is 23.4 Å². The topological polar surface area (TPSA) is 64.3 Å². The van der Waals surface area contributed by atoms with Gasteiger partial charge in [0.05, 0.1) is 5.69 Å². The number of carbonyl (C=O) groups excluding carboxylic acids is 1. The third-order valence-corrected chi connectivity index (χ3v) is 3.79. The highest BCUT2D eigenvalue weighted by atomic mass is 32.2. The van der Waals surface area contributed by atoms with E-state index in [0.717, 1.165) is 0 Å². The Hall–Kier alpha value is -1.36. The van der Waals surface area contributed by atoms with Crippen molar-refractivity contribution in [2.45, 2.75) is 18.6 Å². The fraction of sp³-hybridized carbons (Fsp3) is 0.462. The Kier molecular flexibility index (Phi) is 5.34. The molecule has 3 N–H and O–H groups in total. The number of nitrogens with one attached hydrogen (secondary N) is 1. The molecule has 1 aromatic carbocycles. The summed E-state index contributed by atoms with van der Waals surface area (Å²) in [5.74, 6) is 0.400. The van der Waals surface area contributed by atoms with E-state index in [1.54, 1.807) is 23.9 Å². The van der Waals surface area contributed by atoms with Crippen LogP contribution in [-0.4, -0.2) is 30.1 Å². The molecule has 0 aromatic heterocycles. The van der Waals surface area contributed by atoms with E-state index in [1.165, 1.54) is 0 Å². The van der Waals surface area contributed by atoms with E-state index in [1.807, 2.05) is 18.4 Å². The zero-order chi connectivity index (χ0) is 13.6. The molecule has 0 aliphatic heterocycles. The first-order chi connectivity index (χ1) is 8.44. The summed E-state index contributed by atoms with van der Waals surface area (Å²) in [7, 11) is 0. The molecule has 0 aliphatic rings. The maximum atomic E-state index is 11.6. The lowest BCUT2D eigenvalue weighted by Crippen LogP contribution is -2.38. The number of hydrogen-bond donors (Lipinski definition) is 2. The minimum atomic E-state index is -0.139. The molecule has 1 rings (SSSR count). The van der Waals surface area contributed by atoms with Crippen molar-refractivity contribution in [1.82, 2.24) is 5.32 Å². The summed E-state index contributed by atoms with van der Waals surface area (Å²) in [5.41, 5.74) is 6.25. The molecule has 0 bridgehead atoms. The van der Waals surface area contributed by atoms with Crippen molar-refractivity contribution in [3.05, 3.63) is 24.3 Å². The molecule has 0 spiro atoms. The summed E-state index contributed by atoms with van der Waals surface area (Å²) < 4.78 is 5.38. The van der Waals surface area contributed by atoms with Crippen LogP contribution in [0.1, 0.15) is 13.8 Å². The maximum Gasteiger partial charge on any atom is 0.257 e. The van der Waals surface area contributed by atoms with E-state index >= 15 is 0 Å². The quantitative estimate of drug-likeness (QED) is 0.774. The Morgan fingerprint density at radius 3 is 2.72 bits per heavy atom. The molecule has 0 aliphatic carbocycles. The number of nitrogen functional groups attached to an aromatic ring is 1. The molecule has 100 valence electrons. The maximum absolute atomic E-state index is 11.6. The standard InChI is InChI=1S/C13H20N2O2S/c1-13(2,18-3)9-15-12(16)8-17-11-7-5-4-6-10(11)14/h4-7H,8-9,14H2,1-3H3,(H,15,16). The van der Waals surface area contributed by atoms with Gasteiger partial charge in [-0.25, -0.2) is 0 Å². The van der Waals surface area contributed by atoms with Crippen LogP contribution in [0, 0.1) is 0 Å². The average molecular weight is 268 g/mol. The van der Waals surface area contributed by atoms with Crippen molar-refractivity contribution in [3.8, 4) is 5.75 Å². The van der Waals surface area contributed by atoms with Gasteiger partial charge < -0.3 is 15.8 Å². The van der Waals surface area contributed by atoms with Gasteiger partial charge in [-0.3, -0.25) is 4.79 Å². The SMILES string of the molecule is CSC(C)(C)CNC(=O)COc1ccccc1N. The summed E-state index contributed by atoms with van der Waals surface area (Å²) >= 11 is 1.71. The van der Waals surface area contributed by atoms with Crippen LogP contribution in [0.4, 0.5) is 5.69 Å². The fourth-order valence-electron chi connectivity index (χ4n) is 1.19. The van der Waals surface area contributed by atoms with Gasteiger partial charge in [0.15, 0.2) is 6.61 Å². The van der Waals surface area contributed by atoms with Crippen molar-refractivity contribution < 1.29 is 9.53 Å². The van der Waals surface area contributed by atoms with Gasteiger partial charge in [0, 0.05) is 11.3 Å². The predicted molar refractivity (Wildman–Crippen MR) is 77.0 cm³/mol. The van der Waals surface area contributed by atoms with Crippen molar-refractivity contribution in [3.63, 3.8) is 0 Å². The lowest BCUT2D eigenvalue weighted by molar-refractivity contribution is -0.123. The van der Waals surface area contributed by atoms with Crippen LogP contribution in [0.3, 0.4) is 0 Å². The Bertz CT molecular complexity index is 408. The number of ether oxygens (including phenoxy) is 1. The molecular weight excluding hydrogens is 248 g/mol. The zero-order valence-electron chi connectivity index (χ0n) is 11.0. The Morgan fingerprint density at radius 1 is 1.44 bits per heavy atom. The summed E-state index contributed by atoms with van der Waals surface area (Å²) in [5, 5.41) is 2.84.